The first kappa shape index (κ1) is 13.2. The second kappa shape index (κ2) is 5.28. The summed E-state index contributed by atoms with van der Waals surface area (Å²) in [5.74, 6) is -0.354. The van der Waals surface area contributed by atoms with Gasteiger partial charge in [0.1, 0.15) is 5.82 Å². The van der Waals surface area contributed by atoms with E-state index >= 15 is 0 Å². The molecule has 5 nitrogen and oxygen atoms in total. The van der Waals surface area contributed by atoms with Crippen molar-refractivity contribution in [1.82, 2.24) is 9.97 Å². The zero-order valence-corrected chi connectivity index (χ0v) is 11.3. The van der Waals surface area contributed by atoms with Crippen molar-refractivity contribution < 1.29 is 9.90 Å². The van der Waals surface area contributed by atoms with E-state index in [2.05, 4.69) is 9.97 Å². The standard InChI is InChI=1S/C16H15N3O2/c17-12-5-1-10(2-6-12)3-8-15-18-13-7-4-11(16(20)21)9-14(13)19-15/h1-2,4-7,9H,3,8,17H2,(H,18,19)(H,20,21)/p-1. The molecule has 0 bridgehead atoms. The molecule has 3 N–H and O–H groups in total. The first-order valence-electron chi connectivity index (χ1n) is 6.66. The number of rotatable bonds is 4. The summed E-state index contributed by atoms with van der Waals surface area (Å²) < 4.78 is 0. The Labute approximate surface area is 121 Å². The predicted octanol–water partition coefficient (Wildman–Crippen LogP) is 1.29. The van der Waals surface area contributed by atoms with Crippen molar-refractivity contribution in [3.05, 3.63) is 59.4 Å². The Morgan fingerprint density at radius 2 is 1.90 bits per heavy atom. The van der Waals surface area contributed by atoms with Gasteiger partial charge >= 0.3 is 0 Å². The van der Waals surface area contributed by atoms with Gasteiger partial charge in [0.15, 0.2) is 0 Å². The van der Waals surface area contributed by atoms with E-state index in [-0.39, 0.29) is 5.56 Å². The van der Waals surface area contributed by atoms with Crippen molar-refractivity contribution >= 4 is 22.7 Å². The molecule has 21 heavy (non-hydrogen) atoms. The van der Waals surface area contributed by atoms with Gasteiger partial charge in [-0.05, 0) is 41.8 Å². The number of anilines is 1. The number of benzene rings is 2. The van der Waals surface area contributed by atoms with E-state index < -0.39 is 5.97 Å². The van der Waals surface area contributed by atoms with Gasteiger partial charge in [0.25, 0.3) is 0 Å². The molecule has 0 spiro atoms. The molecule has 0 saturated carbocycles. The maximum absolute atomic E-state index is 10.8. The Bertz CT molecular complexity index is 791. The molecule has 0 radical (unpaired) electrons. The molecule has 3 aromatic rings. The van der Waals surface area contributed by atoms with Crippen LogP contribution in [0.15, 0.2) is 42.5 Å². The highest BCUT2D eigenvalue weighted by molar-refractivity contribution is 5.91. The summed E-state index contributed by atoms with van der Waals surface area (Å²) in [6, 6.07) is 12.5. The largest absolute Gasteiger partial charge is 0.545 e. The molecule has 0 atom stereocenters. The number of aryl methyl sites for hydroxylation is 2. The van der Waals surface area contributed by atoms with Crippen LogP contribution in [0, 0.1) is 0 Å². The van der Waals surface area contributed by atoms with Crippen molar-refractivity contribution in [2.24, 2.45) is 0 Å². The van der Waals surface area contributed by atoms with Crippen LogP contribution in [-0.4, -0.2) is 15.9 Å². The highest BCUT2D eigenvalue weighted by Crippen LogP contribution is 2.15. The molecule has 5 heteroatoms. The van der Waals surface area contributed by atoms with E-state index in [1.165, 1.54) is 11.6 Å². The molecule has 0 saturated heterocycles. The van der Waals surface area contributed by atoms with Crippen LogP contribution in [0.5, 0.6) is 0 Å². The number of H-pyrrole nitrogens is 1. The smallest absolute Gasteiger partial charge is 0.107 e. The molecule has 2 aromatic carbocycles. The summed E-state index contributed by atoms with van der Waals surface area (Å²) in [4.78, 5) is 18.4. The number of carboxylic acid groups (broad SMARTS) is 1. The quantitative estimate of drug-likeness (QED) is 0.704. The number of hydrogen-bond donors (Lipinski definition) is 2. The Balaban J connectivity index is 1.78. The summed E-state index contributed by atoms with van der Waals surface area (Å²) in [5.41, 5.74) is 9.20. The fourth-order valence-electron chi connectivity index (χ4n) is 2.25. The molecule has 3 rings (SSSR count). The monoisotopic (exact) mass is 280 g/mol. The van der Waals surface area contributed by atoms with Crippen LogP contribution in [0.4, 0.5) is 5.69 Å². The summed E-state index contributed by atoms with van der Waals surface area (Å²) >= 11 is 0. The number of fused-ring (bicyclic) bond motifs is 1. The minimum absolute atomic E-state index is 0.149. The number of aromatic carboxylic acids is 1. The van der Waals surface area contributed by atoms with Crippen LogP contribution >= 0.6 is 0 Å². The number of nitrogens with one attached hydrogen (secondary N) is 1. The van der Waals surface area contributed by atoms with Gasteiger partial charge in [0, 0.05) is 12.1 Å². The lowest BCUT2D eigenvalue weighted by Gasteiger charge is -2.00. The van der Waals surface area contributed by atoms with Crippen LogP contribution in [-0.2, 0) is 12.8 Å². The van der Waals surface area contributed by atoms with Gasteiger partial charge in [-0.2, -0.15) is 0 Å². The first-order valence-corrected chi connectivity index (χ1v) is 6.66. The number of nitrogens with two attached hydrogens (primary N) is 1. The maximum atomic E-state index is 10.8. The normalized spacial score (nSPS) is 10.9. The van der Waals surface area contributed by atoms with Crippen molar-refractivity contribution in [1.29, 1.82) is 0 Å². The van der Waals surface area contributed by atoms with Gasteiger partial charge in [-0.1, -0.05) is 18.2 Å². The minimum Gasteiger partial charge on any atom is -0.545 e. The topological polar surface area (TPSA) is 94.8 Å². The summed E-state index contributed by atoms with van der Waals surface area (Å²) in [5, 5.41) is 10.8. The number of nitrogens with zero attached hydrogens (tertiary/aromatic N) is 1. The Morgan fingerprint density at radius 3 is 2.62 bits per heavy atom. The third-order valence-electron chi connectivity index (χ3n) is 3.40. The van der Waals surface area contributed by atoms with Crippen LogP contribution < -0.4 is 10.8 Å². The number of carbonyl (C=O) groups is 1. The SMILES string of the molecule is Nc1ccc(CCc2nc3ccc(C(=O)[O-])cc3[nH]2)cc1. The lowest BCUT2D eigenvalue weighted by molar-refractivity contribution is -0.255. The number of aromatic nitrogens is 2. The van der Waals surface area contributed by atoms with E-state index in [1.807, 2.05) is 24.3 Å². The van der Waals surface area contributed by atoms with Gasteiger partial charge in [0.2, 0.25) is 0 Å². The van der Waals surface area contributed by atoms with Crippen LogP contribution in [0.25, 0.3) is 11.0 Å². The third kappa shape index (κ3) is 2.86. The van der Waals surface area contributed by atoms with Crippen molar-refractivity contribution in [3.8, 4) is 0 Å². The predicted molar refractivity (Wildman–Crippen MR) is 78.7 cm³/mol. The second-order valence-electron chi connectivity index (χ2n) is 4.94. The van der Waals surface area contributed by atoms with E-state index in [0.717, 1.165) is 29.9 Å². The molecular weight excluding hydrogens is 266 g/mol. The van der Waals surface area contributed by atoms with E-state index in [4.69, 9.17) is 5.73 Å². The number of nitrogen functional groups attached to an aromatic ring is 1. The lowest BCUT2D eigenvalue weighted by Crippen LogP contribution is -2.21. The van der Waals surface area contributed by atoms with Gasteiger partial charge in [0.05, 0.1) is 17.0 Å². The van der Waals surface area contributed by atoms with Gasteiger partial charge in [-0.15, -0.1) is 0 Å². The fourth-order valence-corrected chi connectivity index (χ4v) is 2.25. The number of hydrogen-bond acceptors (Lipinski definition) is 4. The van der Waals surface area contributed by atoms with Gasteiger partial charge in [-0.3, -0.25) is 0 Å². The van der Waals surface area contributed by atoms with Crippen LogP contribution in [0.2, 0.25) is 0 Å². The first-order chi connectivity index (χ1) is 10.1. The zero-order chi connectivity index (χ0) is 14.8. The molecule has 1 heterocycles. The summed E-state index contributed by atoms with van der Waals surface area (Å²) in [6.07, 6.45) is 1.59. The highest BCUT2D eigenvalue weighted by Gasteiger charge is 2.05. The van der Waals surface area contributed by atoms with Crippen molar-refractivity contribution in [2.45, 2.75) is 12.8 Å². The molecule has 0 aliphatic rings. The summed E-state index contributed by atoms with van der Waals surface area (Å²) in [7, 11) is 0. The Kier molecular flexibility index (Phi) is 3.31. The molecule has 0 amide bonds. The highest BCUT2D eigenvalue weighted by atomic mass is 16.4. The molecule has 106 valence electrons. The van der Waals surface area contributed by atoms with Gasteiger partial charge in [-0.25, -0.2) is 4.98 Å². The molecule has 0 unspecified atom stereocenters. The Morgan fingerprint density at radius 1 is 1.14 bits per heavy atom. The average molecular weight is 280 g/mol. The van der Waals surface area contributed by atoms with Crippen LogP contribution in [0.1, 0.15) is 21.7 Å². The minimum atomic E-state index is -1.19. The van der Waals surface area contributed by atoms with E-state index in [0.29, 0.717) is 5.52 Å². The molecular formula is C16H14N3O2-. The lowest BCUT2D eigenvalue weighted by atomic mass is 10.1. The van der Waals surface area contributed by atoms with Crippen LogP contribution in [0.3, 0.4) is 0 Å². The average Bonchev–Trinajstić information content (AvgIpc) is 2.88. The molecule has 0 fully saturated rings. The van der Waals surface area contributed by atoms with Crippen molar-refractivity contribution in [3.63, 3.8) is 0 Å². The van der Waals surface area contributed by atoms with Crippen molar-refractivity contribution in [2.75, 3.05) is 5.73 Å². The summed E-state index contributed by atoms with van der Waals surface area (Å²) in [6.45, 7) is 0. The Hall–Kier alpha value is -2.82. The fraction of sp³-hybridized carbons (Fsp3) is 0.125. The zero-order valence-electron chi connectivity index (χ0n) is 11.3. The van der Waals surface area contributed by atoms with Gasteiger partial charge < -0.3 is 20.6 Å². The number of imidazole rings is 1. The van der Waals surface area contributed by atoms with E-state index in [9.17, 15) is 9.90 Å². The number of aromatic amines is 1. The van der Waals surface area contributed by atoms with E-state index in [1.54, 1.807) is 12.1 Å². The number of carboxylic acids is 1. The molecule has 0 aliphatic heterocycles. The number of carbonyl (C=O) groups excluding carboxylic acids is 1. The maximum Gasteiger partial charge on any atom is 0.107 e. The third-order valence-corrected chi connectivity index (χ3v) is 3.40. The molecule has 1 aromatic heterocycles. The second-order valence-corrected chi connectivity index (χ2v) is 4.94. The molecule has 0 aliphatic carbocycles.